The number of hydrogen-bond donors (Lipinski definition) is 2. The third-order valence-electron chi connectivity index (χ3n) is 0. The first-order valence-corrected chi connectivity index (χ1v) is 1.95. The molecule has 0 unspecified atom stereocenters. The molecule has 2 N–H and O–H groups in total. The molecule has 6 heavy (non-hydrogen) atoms. The maximum absolute atomic E-state index is 8.74. The van der Waals surface area contributed by atoms with Crippen molar-refractivity contribution in [1.82, 2.24) is 0 Å². The molecule has 6 heteroatoms. The molecule has 0 aliphatic carbocycles. The Labute approximate surface area is 80.1 Å². The summed E-state index contributed by atoms with van der Waals surface area (Å²) in [5.41, 5.74) is 0. The molecule has 1 radical (unpaired) electrons. The second kappa shape index (κ2) is 9.64. The summed E-state index contributed by atoms with van der Waals surface area (Å²) in [6.07, 6.45) is 0. The van der Waals surface area contributed by atoms with E-state index >= 15 is 0 Å². The van der Waals surface area contributed by atoms with Crippen LogP contribution in [0.1, 0.15) is 2.85 Å². The normalized spacial score (nSPS) is 4.00. The third-order valence-corrected chi connectivity index (χ3v) is 0. The van der Waals surface area contributed by atoms with E-state index in [2.05, 4.69) is 0 Å². The van der Waals surface area contributed by atoms with Crippen LogP contribution >= 0.6 is 0 Å². The van der Waals surface area contributed by atoms with E-state index in [9.17, 15) is 0 Å². The van der Waals surface area contributed by atoms with Crippen molar-refractivity contribution in [2.45, 2.75) is 0 Å². The van der Waals surface area contributed by atoms with Crippen LogP contribution in [0.25, 0.3) is 0 Å². The van der Waals surface area contributed by atoms with E-state index in [4.69, 9.17) is 14.1 Å². The molecule has 0 heterocycles. The van der Waals surface area contributed by atoms with Gasteiger partial charge in [0.25, 0.3) is 0 Å². The average Bonchev–Trinajstić information content (AvgIpc) is 0.811. The molecule has 0 amide bonds. The first-order valence-electron chi connectivity index (χ1n) is 0.651. The molecule has 3 nitrogen and oxygen atoms in total. The summed E-state index contributed by atoms with van der Waals surface area (Å²) < 4.78 is 8.74. The van der Waals surface area contributed by atoms with Crippen LogP contribution in [0.15, 0.2) is 0 Å². The third kappa shape index (κ3) is 53.5. The second-order valence-corrected chi connectivity index (χ2v) is 0.848. The molecule has 0 aromatic heterocycles. The molecule has 0 saturated carbocycles. The average molecular weight is 184 g/mol. The van der Waals surface area contributed by atoms with Gasteiger partial charge in [0.15, 0.2) is 0 Å². The molecule has 0 atom stereocenters. The zero-order valence-electron chi connectivity index (χ0n) is 4.81. The molecule has 0 saturated heterocycles. The first-order chi connectivity index (χ1) is 1.73. The van der Waals surface area contributed by atoms with Crippen molar-refractivity contribution in [2.75, 3.05) is 0 Å². The monoisotopic (exact) mass is 183 g/mol. The van der Waals surface area contributed by atoms with Crippen LogP contribution in [-0.2, 0) is 21.5 Å². The fourth-order valence-corrected chi connectivity index (χ4v) is 0. The van der Waals surface area contributed by atoms with Crippen LogP contribution in [0.4, 0.5) is 0 Å². The molecule has 0 aromatic rings. The molecule has 0 fully saturated rings. The molecular weight excluding hydrogens is 180 g/mol. The van der Waals surface area contributed by atoms with E-state index in [0.717, 1.165) is 0 Å². The van der Waals surface area contributed by atoms with Crippen LogP contribution in [-0.4, -0.2) is 56.5 Å². The molecule has 39 valence electrons. The van der Waals surface area contributed by atoms with Crippen molar-refractivity contribution in [3.63, 3.8) is 0 Å². The van der Waals surface area contributed by atoms with Gasteiger partial charge in [0, 0.05) is 17.1 Å². The Kier molecular flexibility index (Phi) is 25.1. The minimum Gasteiger partial charge on any atom is -1.00 e. The van der Waals surface area contributed by atoms with Gasteiger partial charge in [0.2, 0.25) is 0 Å². The summed E-state index contributed by atoms with van der Waals surface area (Å²) in [4.78, 5) is 14.3. The second-order valence-electron chi connectivity index (χ2n) is 0.283. The smallest absolute Gasteiger partial charge is 1.00 e. The van der Waals surface area contributed by atoms with E-state index in [-0.39, 0.29) is 57.7 Å². The Balaban J connectivity index is -0.00000000750. The van der Waals surface area contributed by atoms with Gasteiger partial charge in [-0.05, 0) is 0 Å². The Hall–Kier alpha value is 1.40. The zero-order chi connectivity index (χ0) is 3.58. The summed E-state index contributed by atoms with van der Waals surface area (Å²) in [7, 11) is -3.13. The molecule has 0 spiro atoms. The van der Waals surface area contributed by atoms with E-state index in [0.29, 0.717) is 0 Å². The van der Waals surface area contributed by atoms with Crippen molar-refractivity contribution < 1.29 is 34.0 Å². The maximum atomic E-state index is 8.74. The van der Waals surface area contributed by atoms with Crippen LogP contribution in [0.5, 0.6) is 0 Å². The van der Waals surface area contributed by atoms with Gasteiger partial charge in [-0.2, -0.15) is 0 Å². The van der Waals surface area contributed by atoms with Gasteiger partial charge >= 0.3 is 46.9 Å². The standard InChI is InChI=1S/Ca.Cu.H2O3Si.2H/c;;1-4(2)3;;/h;;1-2H;;/q+2;;;2*-1. The SMILES string of the molecule is O=[Si](O)O.[Ca+2].[Cu].[H-].[H-]. The van der Waals surface area contributed by atoms with E-state index in [1.807, 2.05) is 0 Å². The van der Waals surface area contributed by atoms with Gasteiger partial charge in [0.1, 0.15) is 0 Å². The van der Waals surface area contributed by atoms with E-state index in [1.54, 1.807) is 0 Å². The van der Waals surface area contributed by atoms with E-state index < -0.39 is 9.17 Å². The fraction of sp³-hybridized carbons (Fsp3) is 0. The number of rotatable bonds is 0. The molecule has 0 aromatic carbocycles. The molecule has 0 rings (SSSR count). The fourth-order valence-electron chi connectivity index (χ4n) is 0. The summed E-state index contributed by atoms with van der Waals surface area (Å²) >= 11 is 0. The molecular formula is H4CaCuO3Si. The zero-order valence-corrected chi connectivity index (χ0v) is 6.96. The van der Waals surface area contributed by atoms with E-state index in [1.165, 1.54) is 0 Å². The Morgan fingerprint density at radius 2 is 1.50 bits per heavy atom. The topological polar surface area (TPSA) is 57.5 Å². The van der Waals surface area contributed by atoms with Gasteiger partial charge in [0.05, 0.1) is 0 Å². The number of hydrogen-bond acceptors (Lipinski definition) is 1. The van der Waals surface area contributed by atoms with Crippen molar-refractivity contribution >= 4 is 46.9 Å². The van der Waals surface area contributed by atoms with Crippen molar-refractivity contribution in [2.24, 2.45) is 0 Å². The first kappa shape index (κ1) is 15.7. The Morgan fingerprint density at radius 1 is 1.50 bits per heavy atom. The quantitative estimate of drug-likeness (QED) is 0.437. The minimum atomic E-state index is -3.13. The van der Waals surface area contributed by atoms with Gasteiger partial charge in [-0.25, -0.2) is 0 Å². The predicted octanol–water partition coefficient (Wildman–Crippen LogP) is -1.77. The van der Waals surface area contributed by atoms with Crippen molar-refractivity contribution in [3.8, 4) is 0 Å². The van der Waals surface area contributed by atoms with Crippen molar-refractivity contribution in [3.05, 3.63) is 0 Å². The van der Waals surface area contributed by atoms with Gasteiger partial charge < -0.3 is 12.4 Å². The summed E-state index contributed by atoms with van der Waals surface area (Å²) in [5, 5.41) is 0. The predicted molar refractivity (Wildman–Crippen MR) is 18.9 cm³/mol. The molecule has 0 aliphatic rings. The summed E-state index contributed by atoms with van der Waals surface area (Å²) in [6.45, 7) is 0. The Bertz CT molecular complexity index is 40.3. The molecule has 0 aliphatic heterocycles. The molecule has 0 bridgehead atoms. The van der Waals surface area contributed by atoms with Crippen LogP contribution < -0.4 is 0 Å². The van der Waals surface area contributed by atoms with Crippen LogP contribution in [0.3, 0.4) is 0 Å². The van der Waals surface area contributed by atoms with Gasteiger partial charge in [-0.3, -0.25) is 4.46 Å². The maximum Gasteiger partial charge on any atom is 2.00 e. The Morgan fingerprint density at radius 3 is 1.50 bits per heavy atom. The van der Waals surface area contributed by atoms with Gasteiger partial charge in [-0.15, -0.1) is 0 Å². The van der Waals surface area contributed by atoms with Crippen LogP contribution in [0.2, 0.25) is 0 Å². The van der Waals surface area contributed by atoms with Gasteiger partial charge in [-0.1, -0.05) is 0 Å². The minimum absolute atomic E-state index is 0. The summed E-state index contributed by atoms with van der Waals surface area (Å²) in [6, 6.07) is 0. The largest absolute Gasteiger partial charge is 2.00 e. The van der Waals surface area contributed by atoms with Crippen molar-refractivity contribution in [1.29, 1.82) is 0 Å². The summed E-state index contributed by atoms with van der Waals surface area (Å²) in [5.74, 6) is 0. The van der Waals surface area contributed by atoms with Crippen LogP contribution in [0, 0.1) is 0 Å².